The molecule has 0 saturated carbocycles. The standard InChI is InChI=1S/C11H14N4OS2.2ClH/c1-6-9(18-7(2)14-6)4-13-11(16)8-5-17-10(3-12)15-8;;/h5H,3-4,12H2,1-2H3,(H,13,16);2*1H. The molecule has 0 aliphatic heterocycles. The number of nitrogens with zero attached hydrogens (tertiary/aromatic N) is 2. The Morgan fingerprint density at radius 2 is 2.05 bits per heavy atom. The fourth-order valence-electron chi connectivity index (χ4n) is 1.50. The summed E-state index contributed by atoms with van der Waals surface area (Å²) in [6.45, 7) is 4.76. The van der Waals surface area contributed by atoms with Crippen LogP contribution in [-0.2, 0) is 13.1 Å². The Kier molecular flexibility index (Phi) is 8.22. The lowest BCUT2D eigenvalue weighted by atomic mass is 10.3. The van der Waals surface area contributed by atoms with Gasteiger partial charge in [0, 0.05) is 16.8 Å². The van der Waals surface area contributed by atoms with Crippen LogP contribution in [0.25, 0.3) is 0 Å². The largest absolute Gasteiger partial charge is 0.346 e. The van der Waals surface area contributed by atoms with E-state index in [1.807, 2.05) is 13.8 Å². The Morgan fingerprint density at radius 3 is 2.55 bits per heavy atom. The first kappa shape index (κ1) is 19.3. The van der Waals surface area contributed by atoms with Gasteiger partial charge in [-0.3, -0.25) is 4.79 Å². The van der Waals surface area contributed by atoms with E-state index >= 15 is 0 Å². The van der Waals surface area contributed by atoms with Crippen molar-refractivity contribution in [2.45, 2.75) is 26.9 Å². The number of amides is 1. The molecule has 0 aliphatic rings. The van der Waals surface area contributed by atoms with Gasteiger partial charge in [-0.25, -0.2) is 9.97 Å². The highest BCUT2D eigenvalue weighted by molar-refractivity contribution is 7.11. The number of carbonyl (C=O) groups excluding carboxylic acids is 1. The second kappa shape index (κ2) is 8.53. The number of halogens is 2. The van der Waals surface area contributed by atoms with Crippen molar-refractivity contribution in [3.05, 3.63) is 31.7 Å². The average molecular weight is 355 g/mol. The van der Waals surface area contributed by atoms with E-state index in [1.165, 1.54) is 11.3 Å². The van der Waals surface area contributed by atoms with E-state index in [1.54, 1.807) is 16.7 Å². The number of aryl methyl sites for hydroxylation is 2. The monoisotopic (exact) mass is 354 g/mol. The van der Waals surface area contributed by atoms with Crippen molar-refractivity contribution in [3.8, 4) is 0 Å². The van der Waals surface area contributed by atoms with Gasteiger partial charge in [-0.15, -0.1) is 47.5 Å². The zero-order valence-electron chi connectivity index (χ0n) is 11.0. The van der Waals surface area contributed by atoms with Crippen molar-refractivity contribution in [3.63, 3.8) is 0 Å². The number of thiazole rings is 2. The van der Waals surface area contributed by atoms with E-state index in [0.717, 1.165) is 20.6 Å². The van der Waals surface area contributed by atoms with Crippen LogP contribution in [-0.4, -0.2) is 15.9 Å². The van der Waals surface area contributed by atoms with Crippen molar-refractivity contribution in [2.75, 3.05) is 0 Å². The number of hydrogen-bond acceptors (Lipinski definition) is 6. The van der Waals surface area contributed by atoms with Gasteiger partial charge in [-0.1, -0.05) is 0 Å². The predicted octanol–water partition coefficient (Wildman–Crippen LogP) is 2.45. The van der Waals surface area contributed by atoms with Gasteiger partial charge >= 0.3 is 0 Å². The molecule has 0 spiro atoms. The maximum absolute atomic E-state index is 11.8. The molecule has 0 saturated heterocycles. The Labute approximate surface area is 137 Å². The third kappa shape index (κ3) is 4.68. The Bertz CT molecular complexity index is 571. The van der Waals surface area contributed by atoms with Gasteiger partial charge in [-0.2, -0.15) is 0 Å². The molecule has 2 aromatic heterocycles. The fourth-order valence-corrected chi connectivity index (χ4v) is 3.03. The quantitative estimate of drug-likeness (QED) is 0.883. The number of nitrogens with two attached hydrogens (primary N) is 1. The smallest absolute Gasteiger partial charge is 0.271 e. The minimum atomic E-state index is -0.170. The van der Waals surface area contributed by atoms with Gasteiger partial charge in [0.1, 0.15) is 10.7 Å². The molecule has 2 aromatic rings. The topological polar surface area (TPSA) is 80.9 Å². The highest BCUT2D eigenvalue weighted by Crippen LogP contribution is 2.17. The molecular weight excluding hydrogens is 339 g/mol. The molecule has 1 amide bonds. The molecule has 2 rings (SSSR count). The lowest BCUT2D eigenvalue weighted by Gasteiger charge is -2.01. The van der Waals surface area contributed by atoms with Crippen molar-refractivity contribution in [1.29, 1.82) is 0 Å². The summed E-state index contributed by atoms with van der Waals surface area (Å²) in [5.41, 5.74) is 6.86. The van der Waals surface area contributed by atoms with Gasteiger partial charge in [-0.05, 0) is 13.8 Å². The average Bonchev–Trinajstić information content (AvgIpc) is 2.93. The fraction of sp³-hybridized carbons (Fsp3) is 0.364. The van der Waals surface area contributed by atoms with Gasteiger partial charge < -0.3 is 11.1 Å². The first-order chi connectivity index (χ1) is 8.60. The van der Waals surface area contributed by atoms with E-state index in [-0.39, 0.29) is 30.7 Å². The molecule has 0 radical (unpaired) electrons. The summed E-state index contributed by atoms with van der Waals surface area (Å²) >= 11 is 3.00. The van der Waals surface area contributed by atoms with E-state index in [9.17, 15) is 4.79 Å². The second-order valence-corrected chi connectivity index (χ2v) is 5.99. The summed E-state index contributed by atoms with van der Waals surface area (Å²) in [5.74, 6) is -0.170. The van der Waals surface area contributed by atoms with Crippen LogP contribution in [0.5, 0.6) is 0 Å². The Morgan fingerprint density at radius 1 is 1.35 bits per heavy atom. The minimum absolute atomic E-state index is 0. The summed E-state index contributed by atoms with van der Waals surface area (Å²) in [6, 6.07) is 0. The second-order valence-electron chi connectivity index (χ2n) is 3.75. The zero-order valence-corrected chi connectivity index (χ0v) is 14.3. The van der Waals surface area contributed by atoms with Crippen LogP contribution in [0.3, 0.4) is 0 Å². The molecule has 0 atom stereocenters. The van der Waals surface area contributed by atoms with E-state index in [0.29, 0.717) is 18.8 Å². The third-order valence-corrected chi connectivity index (χ3v) is 4.31. The number of aromatic nitrogens is 2. The molecule has 0 bridgehead atoms. The van der Waals surface area contributed by atoms with Crippen LogP contribution in [0, 0.1) is 13.8 Å². The number of hydrogen-bond donors (Lipinski definition) is 2. The molecule has 3 N–H and O–H groups in total. The van der Waals surface area contributed by atoms with Gasteiger partial charge in [0.15, 0.2) is 0 Å². The summed E-state index contributed by atoms with van der Waals surface area (Å²) < 4.78 is 0. The maximum Gasteiger partial charge on any atom is 0.271 e. The first-order valence-electron chi connectivity index (χ1n) is 5.45. The highest BCUT2D eigenvalue weighted by atomic mass is 35.5. The van der Waals surface area contributed by atoms with Crippen LogP contribution in [0.1, 0.15) is 31.1 Å². The molecule has 0 aliphatic carbocycles. The van der Waals surface area contributed by atoms with E-state index in [2.05, 4.69) is 15.3 Å². The van der Waals surface area contributed by atoms with Crippen LogP contribution in [0.4, 0.5) is 0 Å². The van der Waals surface area contributed by atoms with Gasteiger partial charge in [0.25, 0.3) is 5.91 Å². The molecule has 2 heterocycles. The zero-order chi connectivity index (χ0) is 13.1. The molecule has 20 heavy (non-hydrogen) atoms. The molecule has 0 fully saturated rings. The van der Waals surface area contributed by atoms with Crippen LogP contribution < -0.4 is 11.1 Å². The van der Waals surface area contributed by atoms with E-state index in [4.69, 9.17) is 5.73 Å². The Balaban J connectivity index is 0.00000180. The van der Waals surface area contributed by atoms with Crippen molar-refractivity contribution < 1.29 is 4.79 Å². The molecule has 9 heteroatoms. The summed E-state index contributed by atoms with van der Waals surface area (Å²) in [6.07, 6.45) is 0. The summed E-state index contributed by atoms with van der Waals surface area (Å²) in [5, 5.41) is 6.34. The SMILES string of the molecule is Cc1nc(C)c(CNC(=O)c2csc(CN)n2)s1.Cl.Cl. The Hall–Kier alpha value is -0.730. The normalized spacial score (nSPS) is 9.55. The molecular formula is C11H16Cl2N4OS2. The van der Waals surface area contributed by atoms with Crippen molar-refractivity contribution >= 4 is 53.4 Å². The predicted molar refractivity (Wildman–Crippen MR) is 87.3 cm³/mol. The lowest BCUT2D eigenvalue weighted by molar-refractivity contribution is 0.0947. The minimum Gasteiger partial charge on any atom is -0.346 e. The maximum atomic E-state index is 11.8. The number of nitrogens with one attached hydrogen (secondary N) is 1. The summed E-state index contributed by atoms with van der Waals surface area (Å²) in [7, 11) is 0. The third-order valence-electron chi connectivity index (χ3n) is 2.37. The first-order valence-corrected chi connectivity index (χ1v) is 7.15. The molecule has 5 nitrogen and oxygen atoms in total. The lowest BCUT2D eigenvalue weighted by Crippen LogP contribution is -2.23. The number of carbonyl (C=O) groups is 1. The molecule has 112 valence electrons. The highest BCUT2D eigenvalue weighted by Gasteiger charge is 2.11. The van der Waals surface area contributed by atoms with Crippen LogP contribution in [0.15, 0.2) is 5.38 Å². The van der Waals surface area contributed by atoms with Crippen LogP contribution in [0.2, 0.25) is 0 Å². The summed E-state index contributed by atoms with van der Waals surface area (Å²) in [4.78, 5) is 21.4. The van der Waals surface area contributed by atoms with Crippen molar-refractivity contribution in [2.24, 2.45) is 5.73 Å². The van der Waals surface area contributed by atoms with Gasteiger partial charge in [0.2, 0.25) is 0 Å². The van der Waals surface area contributed by atoms with E-state index < -0.39 is 0 Å². The number of rotatable bonds is 4. The molecule has 0 aromatic carbocycles. The molecule has 0 unspecified atom stereocenters. The van der Waals surface area contributed by atoms with Crippen molar-refractivity contribution in [1.82, 2.24) is 15.3 Å². The van der Waals surface area contributed by atoms with Crippen LogP contribution >= 0.6 is 47.5 Å². The van der Waals surface area contributed by atoms with Gasteiger partial charge in [0.05, 0.1) is 17.2 Å².